The van der Waals surface area contributed by atoms with Crippen LogP contribution in [0.5, 0.6) is 5.75 Å². The highest BCUT2D eigenvalue weighted by molar-refractivity contribution is 5.79. The lowest BCUT2D eigenvalue weighted by Crippen LogP contribution is -2.38. The second-order valence-corrected chi connectivity index (χ2v) is 6.71. The summed E-state index contributed by atoms with van der Waals surface area (Å²) >= 11 is 0. The number of guanidine groups is 1. The summed E-state index contributed by atoms with van der Waals surface area (Å²) in [5.41, 5.74) is 2.30. The Balaban J connectivity index is 1.76. The van der Waals surface area contributed by atoms with Crippen LogP contribution in [0.15, 0.2) is 23.2 Å². The molecule has 26 heavy (non-hydrogen) atoms. The van der Waals surface area contributed by atoms with Crippen molar-refractivity contribution >= 4 is 5.96 Å². The van der Waals surface area contributed by atoms with Gasteiger partial charge in [-0.25, -0.2) is 0 Å². The highest BCUT2D eigenvalue weighted by Crippen LogP contribution is 2.20. The van der Waals surface area contributed by atoms with Crippen molar-refractivity contribution in [3.63, 3.8) is 0 Å². The predicted octanol–water partition coefficient (Wildman–Crippen LogP) is 2.17. The van der Waals surface area contributed by atoms with Gasteiger partial charge in [-0.2, -0.15) is 0 Å². The molecule has 1 aliphatic rings. The van der Waals surface area contributed by atoms with E-state index in [-0.39, 0.29) is 0 Å². The van der Waals surface area contributed by atoms with Crippen molar-refractivity contribution in [1.29, 1.82) is 0 Å². The summed E-state index contributed by atoms with van der Waals surface area (Å²) in [5, 5.41) is 6.78. The van der Waals surface area contributed by atoms with Gasteiger partial charge in [-0.1, -0.05) is 12.1 Å². The molecule has 1 fully saturated rings. The first-order valence-corrected chi connectivity index (χ1v) is 9.61. The van der Waals surface area contributed by atoms with Crippen molar-refractivity contribution in [3.8, 4) is 5.75 Å². The summed E-state index contributed by atoms with van der Waals surface area (Å²) in [6.45, 7) is 8.49. The number of nitrogens with zero attached hydrogens (tertiary/aromatic N) is 2. The second kappa shape index (κ2) is 11.8. The molecule has 0 atom stereocenters. The lowest BCUT2D eigenvalue weighted by molar-refractivity contribution is 0.145. The molecule has 1 aromatic rings. The van der Waals surface area contributed by atoms with Gasteiger partial charge in [0.05, 0.1) is 6.61 Å². The van der Waals surface area contributed by atoms with Crippen LogP contribution in [0, 0.1) is 6.92 Å². The summed E-state index contributed by atoms with van der Waals surface area (Å²) < 4.78 is 10.9. The van der Waals surface area contributed by atoms with E-state index in [9.17, 15) is 0 Å². The number of rotatable bonds is 10. The highest BCUT2D eigenvalue weighted by Gasteiger charge is 2.10. The van der Waals surface area contributed by atoms with Crippen LogP contribution >= 0.6 is 0 Å². The van der Waals surface area contributed by atoms with Gasteiger partial charge in [-0.05, 0) is 57.5 Å². The first kappa shape index (κ1) is 20.5. The summed E-state index contributed by atoms with van der Waals surface area (Å²) in [6, 6.07) is 6.27. The number of hydrogen-bond donors (Lipinski definition) is 2. The molecule has 1 aromatic carbocycles. The van der Waals surface area contributed by atoms with Crippen molar-refractivity contribution in [3.05, 3.63) is 29.3 Å². The number of ether oxygens (including phenoxy) is 2. The lowest BCUT2D eigenvalue weighted by Gasteiger charge is -2.17. The maximum atomic E-state index is 5.85. The predicted molar refractivity (Wildman–Crippen MR) is 107 cm³/mol. The summed E-state index contributed by atoms with van der Waals surface area (Å²) in [7, 11) is 3.49. The molecule has 6 heteroatoms. The van der Waals surface area contributed by atoms with Crippen LogP contribution in [0.4, 0.5) is 0 Å². The SMILES string of the molecule is CN=C(NCCCN1CCCC1)NCc1ccc(C)cc1OCCOC. The van der Waals surface area contributed by atoms with Crippen LogP contribution in [0.1, 0.15) is 30.4 Å². The van der Waals surface area contributed by atoms with Crippen LogP contribution < -0.4 is 15.4 Å². The van der Waals surface area contributed by atoms with E-state index in [2.05, 4.69) is 45.6 Å². The molecule has 1 heterocycles. The van der Waals surface area contributed by atoms with Gasteiger partial charge in [0.1, 0.15) is 12.4 Å². The molecule has 0 aliphatic carbocycles. The molecule has 6 nitrogen and oxygen atoms in total. The van der Waals surface area contributed by atoms with Crippen molar-refractivity contribution in [2.45, 2.75) is 32.7 Å². The minimum atomic E-state index is 0.552. The maximum absolute atomic E-state index is 5.85. The van der Waals surface area contributed by atoms with Gasteiger partial charge in [0.2, 0.25) is 0 Å². The summed E-state index contributed by atoms with van der Waals surface area (Å²) in [4.78, 5) is 6.85. The van der Waals surface area contributed by atoms with Crippen molar-refractivity contribution in [2.75, 3.05) is 53.6 Å². The average molecular weight is 363 g/mol. The maximum Gasteiger partial charge on any atom is 0.191 e. The van der Waals surface area contributed by atoms with E-state index in [1.165, 1.54) is 38.0 Å². The van der Waals surface area contributed by atoms with Crippen LogP contribution in [-0.4, -0.2) is 64.4 Å². The van der Waals surface area contributed by atoms with E-state index >= 15 is 0 Å². The Morgan fingerprint density at radius 1 is 1.19 bits per heavy atom. The minimum Gasteiger partial charge on any atom is -0.491 e. The quantitative estimate of drug-likeness (QED) is 0.380. The fraction of sp³-hybridized carbons (Fsp3) is 0.650. The average Bonchev–Trinajstić information content (AvgIpc) is 3.16. The number of methoxy groups -OCH3 is 1. The largest absolute Gasteiger partial charge is 0.491 e. The highest BCUT2D eigenvalue weighted by atomic mass is 16.5. The third-order valence-corrected chi connectivity index (χ3v) is 4.58. The fourth-order valence-electron chi connectivity index (χ4n) is 3.09. The second-order valence-electron chi connectivity index (χ2n) is 6.71. The van der Waals surface area contributed by atoms with E-state index in [0.717, 1.165) is 30.2 Å². The Morgan fingerprint density at radius 2 is 2.00 bits per heavy atom. The first-order valence-electron chi connectivity index (χ1n) is 9.61. The number of hydrogen-bond acceptors (Lipinski definition) is 4. The molecular formula is C20H34N4O2. The molecule has 146 valence electrons. The lowest BCUT2D eigenvalue weighted by atomic mass is 10.1. The molecule has 0 saturated carbocycles. The number of nitrogens with one attached hydrogen (secondary N) is 2. The van der Waals surface area contributed by atoms with Gasteiger partial charge in [-0.15, -0.1) is 0 Å². The Hall–Kier alpha value is -1.79. The topological polar surface area (TPSA) is 58.1 Å². The van der Waals surface area contributed by atoms with Gasteiger partial charge >= 0.3 is 0 Å². The number of aliphatic imine (C=N–C) groups is 1. The Morgan fingerprint density at radius 3 is 2.73 bits per heavy atom. The van der Waals surface area contributed by atoms with Gasteiger partial charge in [-0.3, -0.25) is 4.99 Å². The zero-order valence-electron chi connectivity index (χ0n) is 16.5. The fourth-order valence-corrected chi connectivity index (χ4v) is 3.09. The normalized spacial score (nSPS) is 15.3. The van der Waals surface area contributed by atoms with Crippen LogP contribution in [0.2, 0.25) is 0 Å². The van der Waals surface area contributed by atoms with E-state index < -0.39 is 0 Å². The number of aryl methyl sites for hydroxylation is 1. The van der Waals surface area contributed by atoms with E-state index in [1.807, 2.05) is 0 Å². The minimum absolute atomic E-state index is 0.552. The summed E-state index contributed by atoms with van der Waals surface area (Å²) in [5.74, 6) is 1.73. The van der Waals surface area contributed by atoms with E-state index in [0.29, 0.717) is 19.8 Å². The number of benzene rings is 1. The van der Waals surface area contributed by atoms with Gasteiger partial charge in [0.25, 0.3) is 0 Å². The molecule has 0 unspecified atom stereocenters. The molecule has 0 amide bonds. The molecule has 1 aliphatic heterocycles. The Kier molecular flexibility index (Phi) is 9.28. The third-order valence-electron chi connectivity index (χ3n) is 4.58. The number of likely N-dealkylation sites (tertiary alicyclic amines) is 1. The van der Waals surface area contributed by atoms with Crippen LogP contribution in [0.25, 0.3) is 0 Å². The molecule has 1 saturated heterocycles. The molecule has 0 radical (unpaired) electrons. The van der Waals surface area contributed by atoms with Crippen molar-refractivity contribution in [1.82, 2.24) is 15.5 Å². The van der Waals surface area contributed by atoms with Crippen molar-refractivity contribution < 1.29 is 9.47 Å². The Labute approximate surface area is 158 Å². The first-order chi connectivity index (χ1) is 12.7. The van der Waals surface area contributed by atoms with Crippen LogP contribution in [-0.2, 0) is 11.3 Å². The van der Waals surface area contributed by atoms with Gasteiger partial charge < -0.3 is 25.0 Å². The molecule has 0 spiro atoms. The zero-order chi connectivity index (χ0) is 18.6. The van der Waals surface area contributed by atoms with E-state index in [4.69, 9.17) is 9.47 Å². The standard InChI is InChI=1S/C20H34N4O2/c1-17-7-8-18(19(15-17)26-14-13-25-3)16-23-20(21-2)22-9-6-12-24-10-4-5-11-24/h7-8,15H,4-6,9-14,16H2,1-3H3,(H2,21,22,23). The summed E-state index contributed by atoms with van der Waals surface area (Å²) in [6.07, 6.45) is 3.83. The van der Waals surface area contributed by atoms with Gasteiger partial charge in [0, 0.05) is 32.8 Å². The zero-order valence-corrected chi connectivity index (χ0v) is 16.5. The molecule has 0 bridgehead atoms. The van der Waals surface area contributed by atoms with Crippen LogP contribution in [0.3, 0.4) is 0 Å². The molecular weight excluding hydrogens is 328 g/mol. The monoisotopic (exact) mass is 362 g/mol. The molecule has 2 N–H and O–H groups in total. The molecule has 0 aromatic heterocycles. The smallest absolute Gasteiger partial charge is 0.191 e. The molecule has 2 rings (SSSR count). The van der Waals surface area contributed by atoms with E-state index in [1.54, 1.807) is 14.2 Å². The third kappa shape index (κ3) is 7.22. The van der Waals surface area contributed by atoms with Gasteiger partial charge in [0.15, 0.2) is 5.96 Å². The Bertz CT molecular complexity index is 557. The van der Waals surface area contributed by atoms with Crippen molar-refractivity contribution in [2.24, 2.45) is 4.99 Å².